The van der Waals surface area contributed by atoms with E-state index in [1.54, 1.807) is 0 Å². The predicted octanol–water partition coefficient (Wildman–Crippen LogP) is 4.75. The molecule has 24 heavy (non-hydrogen) atoms. The van der Waals surface area contributed by atoms with Crippen LogP contribution in [0.4, 0.5) is 5.69 Å². The lowest BCUT2D eigenvalue weighted by Gasteiger charge is -2.13. The van der Waals surface area contributed by atoms with Crippen LogP contribution >= 0.6 is 0 Å². The summed E-state index contributed by atoms with van der Waals surface area (Å²) in [6, 6.07) is 15.9. The number of carbonyl (C=O) groups excluding carboxylic acids is 1. The highest BCUT2D eigenvalue weighted by Crippen LogP contribution is 2.25. The van der Waals surface area contributed by atoms with Crippen LogP contribution in [0.5, 0.6) is 5.75 Å². The van der Waals surface area contributed by atoms with Gasteiger partial charge in [-0.25, -0.2) is 0 Å². The fourth-order valence-corrected chi connectivity index (χ4v) is 3.10. The quantitative estimate of drug-likeness (QED) is 0.833. The first-order valence-corrected chi connectivity index (χ1v) is 8.87. The van der Waals surface area contributed by atoms with Gasteiger partial charge in [-0.15, -0.1) is 0 Å². The van der Waals surface area contributed by atoms with Crippen molar-refractivity contribution >= 4 is 11.6 Å². The van der Waals surface area contributed by atoms with Crippen LogP contribution in [0.25, 0.3) is 0 Å². The highest BCUT2D eigenvalue weighted by atomic mass is 16.5. The molecule has 3 rings (SSSR count). The van der Waals surface area contributed by atoms with Crippen LogP contribution in [0.3, 0.4) is 0 Å². The Morgan fingerprint density at radius 1 is 1.00 bits per heavy atom. The van der Waals surface area contributed by atoms with Gasteiger partial charge < -0.3 is 10.1 Å². The number of aryl methyl sites for hydroxylation is 1. The molecular weight excluding hydrogens is 298 g/mol. The van der Waals surface area contributed by atoms with E-state index in [0.29, 0.717) is 12.5 Å². The Balaban J connectivity index is 1.51. The molecule has 1 fully saturated rings. The van der Waals surface area contributed by atoms with Crippen molar-refractivity contribution in [2.45, 2.75) is 51.6 Å². The van der Waals surface area contributed by atoms with Gasteiger partial charge in [0, 0.05) is 5.69 Å². The third-order valence-corrected chi connectivity index (χ3v) is 4.54. The topological polar surface area (TPSA) is 38.3 Å². The van der Waals surface area contributed by atoms with Crippen LogP contribution in [-0.4, -0.2) is 12.0 Å². The van der Waals surface area contributed by atoms with Gasteiger partial charge in [0.05, 0.1) is 12.5 Å². The van der Waals surface area contributed by atoms with E-state index in [4.69, 9.17) is 4.74 Å². The smallest absolute Gasteiger partial charge is 0.228 e. The number of hydrogen-bond donors (Lipinski definition) is 1. The number of benzene rings is 2. The first-order valence-electron chi connectivity index (χ1n) is 8.87. The number of anilines is 1. The second-order valence-corrected chi connectivity index (χ2v) is 6.44. The Bertz CT molecular complexity index is 655. The van der Waals surface area contributed by atoms with Crippen molar-refractivity contribution in [3.63, 3.8) is 0 Å². The third kappa shape index (κ3) is 4.60. The molecule has 2 aromatic carbocycles. The van der Waals surface area contributed by atoms with Crippen molar-refractivity contribution in [1.29, 1.82) is 0 Å². The van der Waals surface area contributed by atoms with Crippen LogP contribution < -0.4 is 10.1 Å². The molecule has 0 spiro atoms. The zero-order valence-electron chi connectivity index (χ0n) is 14.3. The third-order valence-electron chi connectivity index (χ3n) is 4.54. The number of amides is 1. The standard InChI is InChI=1S/C21H25NO2/c1-2-16-7-9-17(10-8-16)15-21(23)22-18-11-13-20(14-12-18)24-19-5-3-4-6-19/h7-14,19H,2-6,15H2,1H3,(H,22,23). The summed E-state index contributed by atoms with van der Waals surface area (Å²) in [6.45, 7) is 2.13. The Morgan fingerprint density at radius 3 is 2.25 bits per heavy atom. The summed E-state index contributed by atoms with van der Waals surface area (Å²) < 4.78 is 5.94. The van der Waals surface area contributed by atoms with E-state index in [-0.39, 0.29) is 5.91 Å². The normalized spacial score (nSPS) is 14.5. The van der Waals surface area contributed by atoms with Crippen molar-refractivity contribution in [3.05, 3.63) is 59.7 Å². The second kappa shape index (κ2) is 8.00. The Labute approximate surface area is 144 Å². The van der Waals surface area contributed by atoms with Crippen LogP contribution in [-0.2, 0) is 17.6 Å². The molecule has 0 bridgehead atoms. The second-order valence-electron chi connectivity index (χ2n) is 6.44. The van der Waals surface area contributed by atoms with E-state index < -0.39 is 0 Å². The summed E-state index contributed by atoms with van der Waals surface area (Å²) in [6.07, 6.45) is 6.59. The maximum Gasteiger partial charge on any atom is 0.228 e. The van der Waals surface area contributed by atoms with Gasteiger partial charge in [0.1, 0.15) is 5.75 Å². The van der Waals surface area contributed by atoms with Gasteiger partial charge in [0.25, 0.3) is 0 Å². The molecule has 3 nitrogen and oxygen atoms in total. The van der Waals surface area contributed by atoms with Crippen LogP contribution in [0.15, 0.2) is 48.5 Å². The molecule has 0 aromatic heterocycles. The maximum absolute atomic E-state index is 12.2. The number of rotatable bonds is 6. The van der Waals surface area contributed by atoms with Gasteiger partial charge in [-0.1, -0.05) is 31.2 Å². The van der Waals surface area contributed by atoms with E-state index in [2.05, 4.69) is 24.4 Å². The lowest BCUT2D eigenvalue weighted by Crippen LogP contribution is -2.14. The van der Waals surface area contributed by atoms with Gasteiger partial charge in [-0.3, -0.25) is 4.79 Å². The largest absolute Gasteiger partial charge is 0.490 e. The molecule has 0 atom stereocenters. The van der Waals surface area contributed by atoms with Gasteiger partial charge in [0.15, 0.2) is 0 Å². The summed E-state index contributed by atoms with van der Waals surface area (Å²) in [5, 5.41) is 2.95. The zero-order chi connectivity index (χ0) is 16.8. The highest BCUT2D eigenvalue weighted by molar-refractivity contribution is 5.92. The molecule has 0 unspecified atom stereocenters. The zero-order valence-corrected chi connectivity index (χ0v) is 14.3. The lowest BCUT2D eigenvalue weighted by molar-refractivity contribution is -0.115. The maximum atomic E-state index is 12.2. The number of carbonyl (C=O) groups is 1. The molecule has 1 saturated carbocycles. The summed E-state index contributed by atoms with van der Waals surface area (Å²) in [5.41, 5.74) is 3.13. The predicted molar refractivity (Wildman–Crippen MR) is 97.5 cm³/mol. The minimum absolute atomic E-state index is 0.00343. The minimum atomic E-state index is 0.00343. The molecule has 1 amide bonds. The number of hydrogen-bond acceptors (Lipinski definition) is 2. The Hall–Kier alpha value is -2.29. The summed E-state index contributed by atoms with van der Waals surface area (Å²) in [4.78, 5) is 12.2. The van der Waals surface area contributed by atoms with E-state index in [1.807, 2.05) is 36.4 Å². The summed E-state index contributed by atoms with van der Waals surface area (Å²) in [7, 11) is 0. The Kier molecular flexibility index (Phi) is 5.52. The van der Waals surface area contributed by atoms with E-state index >= 15 is 0 Å². The first-order chi connectivity index (χ1) is 11.7. The molecule has 2 aromatic rings. The molecule has 0 heterocycles. The molecule has 0 saturated heterocycles. The van der Waals surface area contributed by atoms with E-state index in [1.165, 1.54) is 18.4 Å². The highest BCUT2D eigenvalue weighted by Gasteiger charge is 2.16. The average molecular weight is 323 g/mol. The SMILES string of the molecule is CCc1ccc(CC(=O)Nc2ccc(OC3CCCC3)cc2)cc1. The van der Waals surface area contributed by atoms with Crippen molar-refractivity contribution in [3.8, 4) is 5.75 Å². The molecule has 1 aliphatic carbocycles. The van der Waals surface area contributed by atoms with Gasteiger partial charge in [-0.2, -0.15) is 0 Å². The molecule has 1 aliphatic rings. The lowest BCUT2D eigenvalue weighted by atomic mass is 10.1. The van der Waals surface area contributed by atoms with E-state index in [0.717, 1.165) is 36.3 Å². The monoisotopic (exact) mass is 323 g/mol. The van der Waals surface area contributed by atoms with Crippen molar-refractivity contribution in [2.24, 2.45) is 0 Å². The summed E-state index contributed by atoms with van der Waals surface area (Å²) >= 11 is 0. The molecule has 0 radical (unpaired) electrons. The summed E-state index contributed by atoms with van der Waals surface area (Å²) in [5.74, 6) is 0.888. The van der Waals surface area contributed by atoms with Crippen molar-refractivity contribution < 1.29 is 9.53 Å². The van der Waals surface area contributed by atoms with Crippen LogP contribution in [0.1, 0.15) is 43.7 Å². The fourth-order valence-electron chi connectivity index (χ4n) is 3.10. The first kappa shape index (κ1) is 16.6. The molecule has 3 heteroatoms. The molecule has 126 valence electrons. The molecule has 0 aliphatic heterocycles. The fraction of sp³-hybridized carbons (Fsp3) is 0.381. The number of ether oxygens (including phenoxy) is 1. The average Bonchev–Trinajstić information content (AvgIpc) is 3.10. The van der Waals surface area contributed by atoms with Crippen LogP contribution in [0.2, 0.25) is 0 Å². The van der Waals surface area contributed by atoms with Gasteiger partial charge in [0.2, 0.25) is 5.91 Å². The van der Waals surface area contributed by atoms with Gasteiger partial charge in [-0.05, 0) is 67.5 Å². The van der Waals surface area contributed by atoms with Crippen LogP contribution in [0, 0.1) is 0 Å². The van der Waals surface area contributed by atoms with Crippen molar-refractivity contribution in [1.82, 2.24) is 0 Å². The Morgan fingerprint density at radius 2 is 1.62 bits per heavy atom. The van der Waals surface area contributed by atoms with Crippen molar-refractivity contribution in [2.75, 3.05) is 5.32 Å². The number of nitrogens with one attached hydrogen (secondary N) is 1. The molecule has 1 N–H and O–H groups in total. The molecular formula is C21H25NO2. The van der Waals surface area contributed by atoms with Gasteiger partial charge >= 0.3 is 0 Å². The van der Waals surface area contributed by atoms with E-state index in [9.17, 15) is 4.79 Å². The minimum Gasteiger partial charge on any atom is -0.490 e.